The first-order valence-electron chi connectivity index (χ1n) is 5.70. The fourth-order valence-electron chi connectivity index (χ4n) is 3.27. The summed E-state index contributed by atoms with van der Waals surface area (Å²) < 4.78 is 4.77. The van der Waals surface area contributed by atoms with Gasteiger partial charge in [-0.25, -0.2) is 4.79 Å². The molecule has 1 saturated heterocycles. The number of carbonyl (C=O) groups is 1. The number of aliphatic hydroxyl groups excluding tert-OH is 1. The van der Waals surface area contributed by atoms with E-state index in [0.29, 0.717) is 12.0 Å². The predicted molar refractivity (Wildman–Crippen MR) is 57.2 cm³/mol. The van der Waals surface area contributed by atoms with Crippen LogP contribution in [0.15, 0.2) is 11.8 Å². The van der Waals surface area contributed by atoms with Gasteiger partial charge in [0.2, 0.25) is 0 Å². The summed E-state index contributed by atoms with van der Waals surface area (Å²) in [6.07, 6.45) is 0.539. The van der Waals surface area contributed by atoms with E-state index < -0.39 is 23.8 Å². The summed E-state index contributed by atoms with van der Waals surface area (Å²) in [6.45, 7) is 0. The number of rotatable bonds is 1. The molecule has 0 radical (unpaired) electrons. The van der Waals surface area contributed by atoms with Gasteiger partial charge in [0.25, 0.3) is 0 Å². The van der Waals surface area contributed by atoms with Crippen molar-refractivity contribution < 1.29 is 19.5 Å². The first-order chi connectivity index (χ1) is 8.65. The zero-order chi connectivity index (χ0) is 12.9. The van der Waals surface area contributed by atoms with E-state index in [4.69, 9.17) is 14.8 Å². The second kappa shape index (κ2) is 3.68. The first-order valence-corrected chi connectivity index (χ1v) is 5.70. The van der Waals surface area contributed by atoms with Gasteiger partial charge in [-0.2, -0.15) is 10.7 Å². The van der Waals surface area contributed by atoms with E-state index in [1.807, 2.05) is 0 Å². The molecule has 2 heterocycles. The molecule has 18 heavy (non-hydrogen) atoms. The van der Waals surface area contributed by atoms with Crippen molar-refractivity contribution in [3.63, 3.8) is 0 Å². The minimum absolute atomic E-state index is 0.203. The average molecular weight is 251 g/mol. The molecule has 96 valence electrons. The van der Waals surface area contributed by atoms with Crippen LogP contribution in [0.2, 0.25) is 0 Å². The third kappa shape index (κ3) is 1.15. The van der Waals surface area contributed by atoms with Crippen molar-refractivity contribution in [2.45, 2.75) is 24.3 Å². The highest BCUT2D eigenvalue weighted by molar-refractivity contribution is 5.83. The van der Waals surface area contributed by atoms with Crippen molar-refractivity contribution in [3.8, 4) is 6.07 Å². The highest BCUT2D eigenvalue weighted by Gasteiger charge is 2.68. The smallest absolute Gasteiger partial charge is 0.331 e. The lowest BCUT2D eigenvalue weighted by atomic mass is 9.78. The van der Waals surface area contributed by atoms with Crippen LogP contribution in [0.5, 0.6) is 0 Å². The SMILES string of the molecule is COC(=O)[C@]12NO[C@@H]3NC=C(C#N)[C@H](C[C@@H]1O)[C@@H]32. The van der Waals surface area contributed by atoms with E-state index in [-0.39, 0.29) is 11.8 Å². The van der Waals surface area contributed by atoms with E-state index >= 15 is 0 Å². The standard InChI is InChI=1S/C11H13N3O4/c1-17-10(16)11-7(15)2-6-5(3-12)4-13-9(8(6)11)18-14-11/h4,6-9,13-15H,2H2,1H3/t6-,7-,8-,9-,11-/m0/s1. The number of aliphatic hydroxyl groups is 1. The molecule has 0 spiro atoms. The summed E-state index contributed by atoms with van der Waals surface area (Å²) in [5.41, 5.74) is 1.86. The van der Waals surface area contributed by atoms with Gasteiger partial charge >= 0.3 is 5.97 Å². The van der Waals surface area contributed by atoms with E-state index in [0.717, 1.165) is 0 Å². The molecule has 1 aliphatic carbocycles. The van der Waals surface area contributed by atoms with Crippen LogP contribution in [0, 0.1) is 23.2 Å². The molecular formula is C11H13N3O4. The number of hydroxylamine groups is 1. The van der Waals surface area contributed by atoms with Crippen LogP contribution in [0.1, 0.15) is 6.42 Å². The van der Waals surface area contributed by atoms with Crippen LogP contribution in [0.25, 0.3) is 0 Å². The van der Waals surface area contributed by atoms with Crippen LogP contribution < -0.4 is 10.8 Å². The number of allylic oxidation sites excluding steroid dienone is 1. The number of esters is 1. The monoisotopic (exact) mass is 251 g/mol. The molecule has 7 heteroatoms. The van der Waals surface area contributed by atoms with Crippen molar-refractivity contribution in [1.82, 2.24) is 10.8 Å². The minimum Gasteiger partial charge on any atom is -0.467 e. The van der Waals surface area contributed by atoms with Gasteiger partial charge in [0.1, 0.15) is 0 Å². The van der Waals surface area contributed by atoms with Crippen LogP contribution in [0.3, 0.4) is 0 Å². The number of nitrogens with one attached hydrogen (secondary N) is 2. The Morgan fingerprint density at radius 2 is 2.56 bits per heavy atom. The molecule has 2 fully saturated rings. The minimum atomic E-state index is -1.28. The Bertz CT molecular complexity index is 471. The third-order valence-corrected chi connectivity index (χ3v) is 4.10. The van der Waals surface area contributed by atoms with Gasteiger partial charge in [0, 0.05) is 23.6 Å². The normalized spacial score (nSPS) is 44.6. The van der Waals surface area contributed by atoms with Gasteiger partial charge < -0.3 is 15.2 Å². The van der Waals surface area contributed by atoms with Crippen molar-refractivity contribution in [2.24, 2.45) is 11.8 Å². The second-order valence-electron chi connectivity index (χ2n) is 4.76. The van der Waals surface area contributed by atoms with Crippen molar-refractivity contribution in [1.29, 1.82) is 5.26 Å². The number of nitriles is 1. The third-order valence-electron chi connectivity index (χ3n) is 4.10. The van der Waals surface area contributed by atoms with Gasteiger partial charge in [-0.3, -0.25) is 4.84 Å². The van der Waals surface area contributed by atoms with Crippen LogP contribution in [-0.2, 0) is 14.4 Å². The lowest BCUT2D eigenvalue weighted by Crippen LogP contribution is -2.58. The van der Waals surface area contributed by atoms with Crippen molar-refractivity contribution >= 4 is 5.97 Å². The van der Waals surface area contributed by atoms with Gasteiger partial charge in [0.15, 0.2) is 11.8 Å². The Morgan fingerprint density at radius 3 is 3.22 bits per heavy atom. The summed E-state index contributed by atoms with van der Waals surface area (Å²) in [4.78, 5) is 17.3. The van der Waals surface area contributed by atoms with E-state index in [2.05, 4.69) is 16.9 Å². The fraction of sp³-hybridized carbons (Fsp3) is 0.636. The molecule has 0 unspecified atom stereocenters. The summed E-state index contributed by atoms with van der Waals surface area (Å²) >= 11 is 0. The molecule has 0 amide bonds. The highest BCUT2D eigenvalue weighted by Crippen LogP contribution is 2.50. The number of methoxy groups -OCH3 is 1. The van der Waals surface area contributed by atoms with Crippen LogP contribution >= 0.6 is 0 Å². The van der Waals surface area contributed by atoms with Crippen LogP contribution in [-0.4, -0.2) is 36.1 Å². The summed E-state index contributed by atoms with van der Waals surface area (Å²) in [7, 11) is 1.27. The largest absolute Gasteiger partial charge is 0.467 e. The molecule has 0 bridgehead atoms. The Hall–Kier alpha value is -1.62. The van der Waals surface area contributed by atoms with E-state index in [1.54, 1.807) is 6.20 Å². The van der Waals surface area contributed by atoms with Gasteiger partial charge in [-0.15, -0.1) is 0 Å². The maximum absolute atomic E-state index is 12.0. The van der Waals surface area contributed by atoms with Crippen molar-refractivity contribution in [3.05, 3.63) is 11.8 Å². The first kappa shape index (κ1) is 11.5. The zero-order valence-electron chi connectivity index (χ0n) is 9.71. The Labute approximate surface area is 103 Å². The molecule has 3 rings (SSSR count). The molecular weight excluding hydrogens is 238 g/mol. The molecule has 0 aromatic carbocycles. The molecule has 2 aliphatic heterocycles. The molecule has 3 N–H and O–H groups in total. The summed E-state index contributed by atoms with van der Waals surface area (Å²) in [5, 5.41) is 22.2. The summed E-state index contributed by atoms with van der Waals surface area (Å²) in [5.74, 6) is -1.11. The Balaban J connectivity index is 2.06. The zero-order valence-corrected chi connectivity index (χ0v) is 9.71. The maximum atomic E-state index is 12.0. The number of hydrogen-bond acceptors (Lipinski definition) is 7. The number of hydrogen-bond donors (Lipinski definition) is 3. The fourth-order valence-corrected chi connectivity index (χ4v) is 3.27. The molecule has 3 aliphatic rings. The average Bonchev–Trinajstić information content (AvgIpc) is 2.91. The maximum Gasteiger partial charge on any atom is 0.331 e. The lowest BCUT2D eigenvalue weighted by Gasteiger charge is -2.31. The van der Waals surface area contributed by atoms with E-state index in [1.165, 1.54) is 7.11 Å². The molecule has 0 aromatic rings. The summed E-state index contributed by atoms with van der Waals surface area (Å²) in [6, 6.07) is 2.09. The number of ether oxygens (including phenoxy) is 1. The molecule has 0 aromatic heterocycles. The van der Waals surface area contributed by atoms with Crippen LogP contribution in [0.4, 0.5) is 0 Å². The quantitative estimate of drug-likeness (QED) is 0.501. The molecule has 1 saturated carbocycles. The number of carbonyl (C=O) groups excluding carboxylic acids is 1. The van der Waals surface area contributed by atoms with Gasteiger partial charge in [-0.05, 0) is 6.42 Å². The topological polar surface area (TPSA) is 104 Å². The molecule has 7 nitrogen and oxygen atoms in total. The van der Waals surface area contributed by atoms with Gasteiger partial charge in [0.05, 0.1) is 19.3 Å². The van der Waals surface area contributed by atoms with E-state index in [9.17, 15) is 9.90 Å². The lowest BCUT2D eigenvalue weighted by molar-refractivity contribution is -0.157. The molecule has 5 atom stereocenters. The highest BCUT2D eigenvalue weighted by atomic mass is 16.7. The predicted octanol–water partition coefficient (Wildman–Crippen LogP) is -1.23. The Morgan fingerprint density at radius 1 is 1.78 bits per heavy atom. The second-order valence-corrected chi connectivity index (χ2v) is 4.76. The van der Waals surface area contributed by atoms with Crippen molar-refractivity contribution in [2.75, 3.05) is 7.11 Å². The number of nitrogens with zero attached hydrogens (tertiary/aromatic N) is 1. The van der Waals surface area contributed by atoms with Gasteiger partial charge in [-0.1, -0.05) is 0 Å². The Kier molecular flexibility index (Phi) is 2.35.